The topological polar surface area (TPSA) is 34.1 Å². The first-order valence-electron chi connectivity index (χ1n) is 5.82. The van der Waals surface area contributed by atoms with Crippen molar-refractivity contribution >= 4 is 31.9 Å². The Balaban J connectivity index is 1.90. The van der Waals surface area contributed by atoms with E-state index < -0.39 is 0 Å². The van der Waals surface area contributed by atoms with E-state index in [-0.39, 0.29) is 0 Å². The lowest BCUT2D eigenvalue weighted by Crippen LogP contribution is -2.12. The SMILES string of the molecule is COc1cc(CNCc2ccc(Br)c(Br)c2)ccn1. The average molecular weight is 386 g/mol. The van der Waals surface area contributed by atoms with Gasteiger partial charge in [-0.2, -0.15) is 0 Å². The van der Waals surface area contributed by atoms with Crippen LogP contribution in [0.3, 0.4) is 0 Å². The minimum atomic E-state index is 0.644. The number of hydrogen-bond acceptors (Lipinski definition) is 3. The fraction of sp³-hybridized carbons (Fsp3) is 0.214. The Morgan fingerprint density at radius 1 is 1.05 bits per heavy atom. The predicted molar refractivity (Wildman–Crippen MR) is 83.2 cm³/mol. The smallest absolute Gasteiger partial charge is 0.213 e. The van der Waals surface area contributed by atoms with E-state index in [1.807, 2.05) is 18.2 Å². The van der Waals surface area contributed by atoms with E-state index in [1.165, 1.54) is 5.56 Å². The molecule has 1 aromatic heterocycles. The molecule has 0 amide bonds. The lowest BCUT2D eigenvalue weighted by molar-refractivity contribution is 0.397. The van der Waals surface area contributed by atoms with Crippen molar-refractivity contribution in [1.29, 1.82) is 0 Å². The minimum absolute atomic E-state index is 0.644. The van der Waals surface area contributed by atoms with Gasteiger partial charge in [-0.1, -0.05) is 6.07 Å². The minimum Gasteiger partial charge on any atom is -0.481 e. The van der Waals surface area contributed by atoms with Crippen LogP contribution in [0.15, 0.2) is 45.5 Å². The summed E-state index contributed by atoms with van der Waals surface area (Å²) < 4.78 is 7.23. The molecular weight excluding hydrogens is 372 g/mol. The second-order valence-electron chi connectivity index (χ2n) is 4.06. The maximum atomic E-state index is 5.10. The molecule has 0 aliphatic heterocycles. The molecular formula is C14H14Br2N2O. The molecule has 0 spiro atoms. The van der Waals surface area contributed by atoms with E-state index in [2.05, 4.69) is 54.3 Å². The van der Waals surface area contributed by atoms with Gasteiger partial charge >= 0.3 is 0 Å². The van der Waals surface area contributed by atoms with Gasteiger partial charge < -0.3 is 10.1 Å². The Bertz CT molecular complexity index is 561. The van der Waals surface area contributed by atoms with Crippen molar-refractivity contribution in [2.75, 3.05) is 7.11 Å². The number of rotatable bonds is 5. The van der Waals surface area contributed by atoms with Crippen molar-refractivity contribution < 1.29 is 4.74 Å². The van der Waals surface area contributed by atoms with Crippen LogP contribution in [0.25, 0.3) is 0 Å². The molecule has 1 heterocycles. The zero-order chi connectivity index (χ0) is 13.7. The first-order valence-corrected chi connectivity index (χ1v) is 7.41. The largest absolute Gasteiger partial charge is 0.481 e. The van der Waals surface area contributed by atoms with Gasteiger partial charge in [0.05, 0.1) is 7.11 Å². The van der Waals surface area contributed by atoms with E-state index in [9.17, 15) is 0 Å². The summed E-state index contributed by atoms with van der Waals surface area (Å²) in [6.07, 6.45) is 1.76. The van der Waals surface area contributed by atoms with Crippen molar-refractivity contribution in [3.63, 3.8) is 0 Å². The number of halogens is 2. The lowest BCUT2D eigenvalue weighted by Gasteiger charge is -2.07. The molecule has 1 aromatic carbocycles. The third-order valence-corrected chi connectivity index (χ3v) is 4.53. The average Bonchev–Trinajstić information content (AvgIpc) is 2.43. The summed E-state index contributed by atoms with van der Waals surface area (Å²) in [6, 6.07) is 10.1. The summed E-state index contributed by atoms with van der Waals surface area (Å²) in [7, 11) is 1.62. The van der Waals surface area contributed by atoms with Gasteiger partial charge in [0.2, 0.25) is 5.88 Å². The van der Waals surface area contributed by atoms with Crippen molar-refractivity contribution in [2.24, 2.45) is 0 Å². The van der Waals surface area contributed by atoms with Crippen LogP contribution in [0.1, 0.15) is 11.1 Å². The van der Waals surface area contributed by atoms with Gasteiger partial charge in [-0.05, 0) is 61.2 Å². The Labute approximate surface area is 129 Å². The van der Waals surface area contributed by atoms with Gasteiger partial charge in [0.15, 0.2) is 0 Å². The summed E-state index contributed by atoms with van der Waals surface area (Å²) >= 11 is 6.96. The van der Waals surface area contributed by atoms with Gasteiger partial charge in [-0.3, -0.25) is 0 Å². The molecule has 0 bridgehead atoms. The van der Waals surface area contributed by atoms with Crippen LogP contribution in [0.2, 0.25) is 0 Å². The Morgan fingerprint density at radius 3 is 2.47 bits per heavy atom. The van der Waals surface area contributed by atoms with Crippen LogP contribution in [-0.4, -0.2) is 12.1 Å². The molecule has 19 heavy (non-hydrogen) atoms. The summed E-state index contributed by atoms with van der Waals surface area (Å²) in [5, 5.41) is 3.40. The number of pyridine rings is 1. The molecule has 0 aliphatic rings. The molecule has 2 aromatic rings. The number of methoxy groups -OCH3 is 1. The van der Waals surface area contributed by atoms with Gasteiger partial charge in [0.1, 0.15) is 0 Å². The molecule has 0 fully saturated rings. The highest BCUT2D eigenvalue weighted by molar-refractivity contribution is 9.13. The monoisotopic (exact) mass is 384 g/mol. The van der Waals surface area contributed by atoms with Crippen molar-refractivity contribution in [2.45, 2.75) is 13.1 Å². The van der Waals surface area contributed by atoms with Gasteiger partial charge in [-0.15, -0.1) is 0 Å². The number of benzene rings is 1. The molecule has 0 aliphatic carbocycles. The highest BCUT2D eigenvalue weighted by Crippen LogP contribution is 2.23. The van der Waals surface area contributed by atoms with Gasteiger partial charge in [-0.25, -0.2) is 4.98 Å². The van der Waals surface area contributed by atoms with Crippen molar-refractivity contribution in [3.05, 3.63) is 56.6 Å². The molecule has 100 valence electrons. The van der Waals surface area contributed by atoms with Crippen LogP contribution in [0.5, 0.6) is 5.88 Å². The van der Waals surface area contributed by atoms with Crippen LogP contribution in [0, 0.1) is 0 Å². The zero-order valence-corrected chi connectivity index (χ0v) is 13.7. The summed E-state index contributed by atoms with van der Waals surface area (Å²) in [5.41, 5.74) is 2.39. The maximum absolute atomic E-state index is 5.10. The van der Waals surface area contributed by atoms with Crippen LogP contribution >= 0.6 is 31.9 Å². The quantitative estimate of drug-likeness (QED) is 0.847. The second kappa shape index (κ2) is 7.03. The first kappa shape index (κ1) is 14.5. The number of aromatic nitrogens is 1. The molecule has 0 radical (unpaired) electrons. The first-order chi connectivity index (χ1) is 9.19. The molecule has 0 unspecified atom stereocenters. The highest BCUT2D eigenvalue weighted by Gasteiger charge is 2.00. The standard InChI is InChI=1S/C14H14Br2N2O/c1-19-14-7-11(4-5-18-14)9-17-8-10-2-3-12(15)13(16)6-10/h2-7,17H,8-9H2,1H3. The summed E-state index contributed by atoms with van der Waals surface area (Å²) in [6.45, 7) is 1.60. The van der Waals surface area contributed by atoms with E-state index >= 15 is 0 Å². The van der Waals surface area contributed by atoms with E-state index in [0.717, 1.165) is 27.6 Å². The summed E-state index contributed by atoms with van der Waals surface area (Å²) in [4.78, 5) is 4.08. The van der Waals surface area contributed by atoms with Crippen molar-refractivity contribution in [3.8, 4) is 5.88 Å². The number of nitrogens with one attached hydrogen (secondary N) is 1. The molecule has 3 nitrogen and oxygen atoms in total. The third kappa shape index (κ3) is 4.30. The normalized spacial score (nSPS) is 10.5. The molecule has 0 saturated heterocycles. The molecule has 0 saturated carbocycles. The zero-order valence-electron chi connectivity index (χ0n) is 10.5. The highest BCUT2D eigenvalue weighted by atomic mass is 79.9. The third-order valence-electron chi connectivity index (χ3n) is 2.65. The molecule has 5 heteroatoms. The van der Waals surface area contributed by atoms with E-state index in [4.69, 9.17) is 4.74 Å². The number of ether oxygens (including phenoxy) is 1. The van der Waals surface area contributed by atoms with Crippen molar-refractivity contribution in [1.82, 2.24) is 10.3 Å². The van der Waals surface area contributed by atoms with E-state index in [0.29, 0.717) is 5.88 Å². The fourth-order valence-corrected chi connectivity index (χ4v) is 2.35. The summed E-state index contributed by atoms with van der Waals surface area (Å²) in [5.74, 6) is 0.644. The molecule has 1 N–H and O–H groups in total. The molecule has 0 atom stereocenters. The Morgan fingerprint density at radius 2 is 1.79 bits per heavy atom. The Kier molecular flexibility index (Phi) is 5.36. The number of hydrogen-bond donors (Lipinski definition) is 1. The molecule has 2 rings (SSSR count). The van der Waals surface area contributed by atoms with E-state index in [1.54, 1.807) is 13.3 Å². The fourth-order valence-electron chi connectivity index (χ4n) is 1.67. The second-order valence-corrected chi connectivity index (χ2v) is 5.77. The number of nitrogens with zero attached hydrogens (tertiary/aromatic N) is 1. The van der Waals surface area contributed by atoms with Crippen LogP contribution < -0.4 is 10.1 Å². The lowest BCUT2D eigenvalue weighted by atomic mass is 10.2. The van der Waals surface area contributed by atoms with Crippen LogP contribution in [-0.2, 0) is 13.1 Å². The Hall–Kier alpha value is -0.910. The van der Waals surface area contributed by atoms with Crippen LogP contribution in [0.4, 0.5) is 0 Å². The van der Waals surface area contributed by atoms with Gasteiger partial charge in [0, 0.05) is 34.3 Å². The van der Waals surface area contributed by atoms with Gasteiger partial charge in [0.25, 0.3) is 0 Å². The predicted octanol–water partition coefficient (Wildman–Crippen LogP) is 3.91. The maximum Gasteiger partial charge on any atom is 0.213 e.